The highest BCUT2D eigenvalue weighted by atomic mass is 79.9. The minimum absolute atomic E-state index is 0.0890. The summed E-state index contributed by atoms with van der Waals surface area (Å²) in [6.07, 6.45) is 0. The lowest BCUT2D eigenvalue weighted by Crippen LogP contribution is -2.48. The number of amides is 1. The predicted molar refractivity (Wildman–Crippen MR) is 103 cm³/mol. The third kappa shape index (κ3) is 4.37. The first-order valence-electron chi connectivity index (χ1n) is 8.16. The fraction of sp³-hybridized carbons (Fsp3) is 0.278. The molecule has 1 saturated heterocycles. The van der Waals surface area contributed by atoms with Gasteiger partial charge in [-0.2, -0.15) is 8.42 Å². The molecule has 1 fully saturated rings. The van der Waals surface area contributed by atoms with Gasteiger partial charge in [-0.05, 0) is 42.5 Å². The zero-order valence-electron chi connectivity index (χ0n) is 14.3. The van der Waals surface area contributed by atoms with Crippen molar-refractivity contribution >= 4 is 37.6 Å². The van der Waals surface area contributed by atoms with Crippen molar-refractivity contribution in [3.05, 3.63) is 53.0 Å². The Morgan fingerprint density at radius 1 is 1.04 bits per heavy atom. The van der Waals surface area contributed by atoms with E-state index in [1.807, 2.05) is 17.0 Å². The van der Waals surface area contributed by atoms with Crippen LogP contribution >= 0.6 is 15.9 Å². The fourth-order valence-corrected chi connectivity index (χ4v) is 4.32. The van der Waals surface area contributed by atoms with Crippen molar-refractivity contribution in [1.82, 2.24) is 4.90 Å². The van der Waals surface area contributed by atoms with Gasteiger partial charge in [0.05, 0.1) is 0 Å². The van der Waals surface area contributed by atoms with E-state index in [0.29, 0.717) is 17.6 Å². The van der Waals surface area contributed by atoms with Crippen molar-refractivity contribution in [1.29, 1.82) is 0 Å². The summed E-state index contributed by atoms with van der Waals surface area (Å²) in [5.74, 6) is 0.349. The molecule has 1 aliphatic heterocycles. The highest BCUT2D eigenvalue weighted by Gasteiger charge is 2.20. The van der Waals surface area contributed by atoms with Gasteiger partial charge in [0.15, 0.2) is 0 Å². The third-order valence-electron chi connectivity index (χ3n) is 4.22. The van der Waals surface area contributed by atoms with Gasteiger partial charge in [-0.3, -0.25) is 4.79 Å². The van der Waals surface area contributed by atoms with Crippen LogP contribution in [0.15, 0.2) is 57.9 Å². The molecule has 0 radical (unpaired) electrons. The van der Waals surface area contributed by atoms with Gasteiger partial charge < -0.3 is 14.0 Å². The van der Waals surface area contributed by atoms with Crippen LogP contribution in [0.25, 0.3) is 0 Å². The van der Waals surface area contributed by atoms with Gasteiger partial charge in [0.25, 0.3) is 0 Å². The Kier molecular flexibility index (Phi) is 5.52. The van der Waals surface area contributed by atoms with Gasteiger partial charge in [-0.25, -0.2) is 0 Å². The summed E-state index contributed by atoms with van der Waals surface area (Å²) in [5.41, 5.74) is 0.973. The second kappa shape index (κ2) is 7.67. The fourth-order valence-electron chi connectivity index (χ4n) is 2.79. The van der Waals surface area contributed by atoms with Gasteiger partial charge in [0, 0.05) is 43.3 Å². The zero-order chi connectivity index (χ0) is 18.7. The Morgan fingerprint density at radius 3 is 2.27 bits per heavy atom. The van der Waals surface area contributed by atoms with Gasteiger partial charge in [0.1, 0.15) is 10.6 Å². The molecule has 0 bridgehead atoms. The van der Waals surface area contributed by atoms with Crippen LogP contribution in [0.5, 0.6) is 5.75 Å². The van der Waals surface area contributed by atoms with E-state index >= 15 is 0 Å². The standard InChI is InChI=1S/C18H19BrN2O4S/c1-14(22)20-9-11-21(12-10-20)16-5-7-17(8-6-16)25-26(23,24)18-4-2-3-15(19)13-18/h2-8,13H,9-12H2,1H3. The topological polar surface area (TPSA) is 66.9 Å². The molecule has 2 aromatic rings. The van der Waals surface area contributed by atoms with E-state index in [4.69, 9.17) is 4.18 Å². The molecule has 3 rings (SSSR count). The average Bonchev–Trinajstić information content (AvgIpc) is 2.62. The Labute approximate surface area is 161 Å². The molecule has 1 amide bonds. The third-order valence-corrected chi connectivity index (χ3v) is 5.95. The van der Waals surface area contributed by atoms with Crippen LogP contribution in [0.4, 0.5) is 5.69 Å². The van der Waals surface area contributed by atoms with Crippen molar-refractivity contribution in [2.24, 2.45) is 0 Å². The molecule has 0 atom stereocenters. The minimum Gasteiger partial charge on any atom is -0.379 e. The molecule has 1 heterocycles. The highest BCUT2D eigenvalue weighted by molar-refractivity contribution is 9.10. The highest BCUT2D eigenvalue weighted by Crippen LogP contribution is 2.24. The van der Waals surface area contributed by atoms with Crippen molar-refractivity contribution in [3.8, 4) is 5.75 Å². The maximum atomic E-state index is 12.3. The van der Waals surface area contributed by atoms with Crippen LogP contribution in [-0.2, 0) is 14.9 Å². The summed E-state index contributed by atoms with van der Waals surface area (Å²) >= 11 is 3.26. The first-order chi connectivity index (χ1) is 12.3. The zero-order valence-corrected chi connectivity index (χ0v) is 16.7. The number of hydrogen-bond acceptors (Lipinski definition) is 5. The van der Waals surface area contributed by atoms with Crippen LogP contribution in [0, 0.1) is 0 Å². The van der Waals surface area contributed by atoms with Crippen LogP contribution in [0.1, 0.15) is 6.92 Å². The van der Waals surface area contributed by atoms with E-state index in [1.165, 1.54) is 12.1 Å². The molecule has 8 heteroatoms. The molecule has 6 nitrogen and oxygen atoms in total. The maximum absolute atomic E-state index is 12.3. The summed E-state index contributed by atoms with van der Waals surface area (Å²) in [6, 6.07) is 13.3. The lowest BCUT2D eigenvalue weighted by atomic mass is 10.2. The van der Waals surface area contributed by atoms with Crippen molar-refractivity contribution in [2.75, 3.05) is 31.1 Å². The van der Waals surface area contributed by atoms with Gasteiger partial charge >= 0.3 is 10.1 Å². The maximum Gasteiger partial charge on any atom is 0.339 e. The summed E-state index contributed by atoms with van der Waals surface area (Å²) in [6.45, 7) is 4.44. The summed E-state index contributed by atoms with van der Waals surface area (Å²) in [7, 11) is -3.88. The molecule has 0 aromatic heterocycles. The molecule has 26 heavy (non-hydrogen) atoms. The van der Waals surface area contributed by atoms with E-state index in [9.17, 15) is 13.2 Å². The van der Waals surface area contributed by atoms with Crippen LogP contribution < -0.4 is 9.08 Å². The van der Waals surface area contributed by atoms with Gasteiger partial charge in [-0.15, -0.1) is 0 Å². The monoisotopic (exact) mass is 438 g/mol. The van der Waals surface area contributed by atoms with Gasteiger partial charge in [-0.1, -0.05) is 22.0 Å². The number of nitrogens with zero attached hydrogens (tertiary/aromatic N) is 2. The molecule has 0 N–H and O–H groups in total. The molecular weight excluding hydrogens is 420 g/mol. The first kappa shape index (κ1) is 18.7. The summed E-state index contributed by atoms with van der Waals surface area (Å²) < 4.78 is 30.6. The molecule has 0 unspecified atom stereocenters. The number of hydrogen-bond donors (Lipinski definition) is 0. The van der Waals surface area contributed by atoms with Crippen LogP contribution in [0.2, 0.25) is 0 Å². The Morgan fingerprint density at radius 2 is 1.69 bits per heavy atom. The van der Waals surface area contributed by atoms with E-state index < -0.39 is 10.1 Å². The quantitative estimate of drug-likeness (QED) is 0.686. The smallest absolute Gasteiger partial charge is 0.339 e. The largest absolute Gasteiger partial charge is 0.379 e. The predicted octanol–water partition coefficient (Wildman–Crippen LogP) is 2.89. The van der Waals surface area contributed by atoms with Gasteiger partial charge in [0.2, 0.25) is 5.91 Å². The number of anilines is 1. The lowest BCUT2D eigenvalue weighted by Gasteiger charge is -2.35. The van der Waals surface area contributed by atoms with Crippen molar-refractivity contribution in [2.45, 2.75) is 11.8 Å². The average molecular weight is 439 g/mol. The SMILES string of the molecule is CC(=O)N1CCN(c2ccc(OS(=O)(=O)c3cccc(Br)c3)cc2)CC1. The Hall–Kier alpha value is -2.06. The normalized spacial score (nSPS) is 15.0. The summed E-state index contributed by atoms with van der Waals surface area (Å²) in [5, 5.41) is 0. The van der Waals surface area contributed by atoms with Crippen molar-refractivity contribution in [3.63, 3.8) is 0 Å². The minimum atomic E-state index is -3.88. The van der Waals surface area contributed by atoms with Crippen molar-refractivity contribution < 1.29 is 17.4 Å². The number of carbonyl (C=O) groups excluding carboxylic acids is 1. The second-order valence-electron chi connectivity index (χ2n) is 5.98. The molecule has 2 aromatic carbocycles. The van der Waals surface area contributed by atoms with E-state index in [-0.39, 0.29) is 16.6 Å². The Balaban J connectivity index is 1.67. The van der Waals surface area contributed by atoms with E-state index in [1.54, 1.807) is 31.2 Å². The van der Waals surface area contributed by atoms with E-state index in [2.05, 4.69) is 20.8 Å². The Bertz CT molecular complexity index is 892. The molecule has 1 aliphatic rings. The van der Waals surface area contributed by atoms with Crippen LogP contribution in [0.3, 0.4) is 0 Å². The second-order valence-corrected chi connectivity index (χ2v) is 8.44. The number of carbonyl (C=O) groups is 1. The molecule has 138 valence electrons. The number of rotatable bonds is 4. The lowest BCUT2D eigenvalue weighted by molar-refractivity contribution is -0.129. The molecule has 0 spiro atoms. The number of benzene rings is 2. The summed E-state index contributed by atoms with van der Waals surface area (Å²) in [4.78, 5) is 15.5. The molecule has 0 saturated carbocycles. The molecule has 0 aliphatic carbocycles. The molecular formula is C18H19BrN2O4S. The van der Waals surface area contributed by atoms with E-state index in [0.717, 1.165) is 18.8 Å². The number of halogens is 1. The van der Waals surface area contributed by atoms with Crippen LogP contribution in [-0.4, -0.2) is 45.4 Å². The first-order valence-corrected chi connectivity index (χ1v) is 10.4. The number of piperazine rings is 1.